The lowest BCUT2D eigenvalue weighted by Crippen LogP contribution is -2.15. The number of carbonyl (C=O) groups is 1. The van der Waals surface area contributed by atoms with Gasteiger partial charge in [-0.15, -0.1) is 0 Å². The van der Waals surface area contributed by atoms with Crippen LogP contribution in [0.5, 0.6) is 11.5 Å². The van der Waals surface area contributed by atoms with Gasteiger partial charge in [0.05, 0.1) is 32.3 Å². The molecular formula is C21H22N4O3. The van der Waals surface area contributed by atoms with E-state index in [0.29, 0.717) is 23.0 Å². The zero-order chi connectivity index (χ0) is 19.8. The van der Waals surface area contributed by atoms with Crippen molar-refractivity contribution in [2.45, 2.75) is 6.42 Å². The monoisotopic (exact) mass is 378 g/mol. The molecule has 1 aromatic heterocycles. The minimum absolute atomic E-state index is 0.207. The first-order chi connectivity index (χ1) is 13.7. The quantitative estimate of drug-likeness (QED) is 0.625. The lowest BCUT2D eigenvalue weighted by molar-refractivity contribution is 0.102. The number of anilines is 2. The summed E-state index contributed by atoms with van der Waals surface area (Å²) in [6.07, 6.45) is 3.86. The fourth-order valence-corrected chi connectivity index (χ4v) is 2.61. The van der Waals surface area contributed by atoms with E-state index >= 15 is 0 Å². The van der Waals surface area contributed by atoms with Crippen molar-refractivity contribution in [3.05, 3.63) is 72.2 Å². The summed E-state index contributed by atoms with van der Waals surface area (Å²) in [6.45, 7) is 0.727. The topological polar surface area (TPSA) is 85.4 Å². The van der Waals surface area contributed by atoms with E-state index in [1.807, 2.05) is 18.2 Å². The molecule has 0 saturated carbocycles. The van der Waals surface area contributed by atoms with Crippen molar-refractivity contribution in [2.75, 3.05) is 31.4 Å². The molecule has 2 aromatic carbocycles. The van der Waals surface area contributed by atoms with Gasteiger partial charge in [-0.05, 0) is 24.1 Å². The molecule has 0 bridgehead atoms. The SMILES string of the molecule is COc1ccc(OC)c(NC(=O)c2cnc(NCCc3ccccc3)cn2)c1. The van der Waals surface area contributed by atoms with E-state index in [2.05, 4.69) is 32.7 Å². The lowest BCUT2D eigenvalue weighted by atomic mass is 10.1. The van der Waals surface area contributed by atoms with E-state index in [0.717, 1.165) is 13.0 Å². The van der Waals surface area contributed by atoms with Crippen molar-refractivity contribution in [1.82, 2.24) is 9.97 Å². The standard InChI is InChI=1S/C21H22N4O3/c1-27-16-8-9-19(28-2)17(12-16)25-21(26)18-13-24-20(14-23-18)22-11-10-15-6-4-3-5-7-15/h3-9,12-14H,10-11H2,1-2H3,(H,22,24)(H,25,26). The molecule has 0 saturated heterocycles. The molecule has 0 fully saturated rings. The van der Waals surface area contributed by atoms with Crippen LogP contribution in [-0.4, -0.2) is 36.6 Å². The van der Waals surface area contributed by atoms with Gasteiger partial charge in [0, 0.05) is 12.6 Å². The predicted octanol–water partition coefficient (Wildman–Crippen LogP) is 3.40. The van der Waals surface area contributed by atoms with Gasteiger partial charge in [-0.1, -0.05) is 30.3 Å². The van der Waals surface area contributed by atoms with Crippen molar-refractivity contribution >= 4 is 17.4 Å². The predicted molar refractivity (Wildman–Crippen MR) is 108 cm³/mol. The summed E-state index contributed by atoms with van der Waals surface area (Å²) in [5.74, 6) is 1.38. The first-order valence-electron chi connectivity index (χ1n) is 8.83. The van der Waals surface area contributed by atoms with E-state index < -0.39 is 0 Å². The van der Waals surface area contributed by atoms with Gasteiger partial charge in [-0.3, -0.25) is 4.79 Å². The third-order valence-electron chi connectivity index (χ3n) is 4.10. The van der Waals surface area contributed by atoms with Crippen LogP contribution >= 0.6 is 0 Å². The van der Waals surface area contributed by atoms with Crippen molar-refractivity contribution in [1.29, 1.82) is 0 Å². The zero-order valence-electron chi connectivity index (χ0n) is 15.8. The molecule has 3 rings (SSSR count). The van der Waals surface area contributed by atoms with Crippen LogP contribution in [0.15, 0.2) is 60.9 Å². The van der Waals surface area contributed by atoms with E-state index in [1.54, 1.807) is 31.5 Å². The third-order valence-corrected chi connectivity index (χ3v) is 4.10. The fourth-order valence-electron chi connectivity index (χ4n) is 2.61. The van der Waals surface area contributed by atoms with Crippen molar-refractivity contribution in [3.63, 3.8) is 0 Å². The van der Waals surface area contributed by atoms with Crippen LogP contribution in [0.1, 0.15) is 16.1 Å². The highest BCUT2D eigenvalue weighted by molar-refractivity contribution is 6.03. The van der Waals surface area contributed by atoms with Crippen molar-refractivity contribution in [3.8, 4) is 11.5 Å². The van der Waals surface area contributed by atoms with E-state index in [-0.39, 0.29) is 11.6 Å². The summed E-state index contributed by atoms with van der Waals surface area (Å²) in [5, 5.41) is 5.97. The maximum atomic E-state index is 12.5. The van der Waals surface area contributed by atoms with Gasteiger partial charge in [-0.2, -0.15) is 0 Å². The lowest BCUT2D eigenvalue weighted by Gasteiger charge is -2.11. The number of ether oxygens (including phenoxy) is 2. The number of rotatable bonds is 8. The van der Waals surface area contributed by atoms with Gasteiger partial charge in [0.1, 0.15) is 23.0 Å². The Morgan fingerprint density at radius 2 is 1.82 bits per heavy atom. The molecule has 2 N–H and O–H groups in total. The van der Waals surface area contributed by atoms with Crippen LogP contribution in [0, 0.1) is 0 Å². The van der Waals surface area contributed by atoms with Crippen LogP contribution in [0.25, 0.3) is 0 Å². The van der Waals surface area contributed by atoms with Gasteiger partial charge < -0.3 is 20.1 Å². The second-order valence-corrected chi connectivity index (χ2v) is 5.97. The minimum atomic E-state index is -0.380. The Hall–Kier alpha value is -3.61. The molecule has 0 spiro atoms. The summed E-state index contributed by atoms with van der Waals surface area (Å²) in [6, 6.07) is 15.3. The largest absolute Gasteiger partial charge is 0.497 e. The fraction of sp³-hybridized carbons (Fsp3) is 0.190. The summed E-state index contributed by atoms with van der Waals surface area (Å²) in [4.78, 5) is 20.9. The Morgan fingerprint density at radius 1 is 1.00 bits per heavy atom. The maximum Gasteiger partial charge on any atom is 0.275 e. The van der Waals surface area contributed by atoms with Crippen molar-refractivity contribution in [2.24, 2.45) is 0 Å². The molecule has 7 heteroatoms. The molecule has 0 atom stereocenters. The van der Waals surface area contributed by atoms with Crippen LogP contribution in [0.3, 0.4) is 0 Å². The molecule has 0 aliphatic rings. The number of hydrogen-bond donors (Lipinski definition) is 2. The Kier molecular flexibility index (Phi) is 6.41. The Morgan fingerprint density at radius 3 is 2.50 bits per heavy atom. The average molecular weight is 378 g/mol. The molecule has 0 radical (unpaired) electrons. The number of carbonyl (C=O) groups excluding carboxylic acids is 1. The van der Waals surface area contributed by atoms with Crippen molar-refractivity contribution < 1.29 is 14.3 Å². The summed E-state index contributed by atoms with van der Waals surface area (Å²) >= 11 is 0. The average Bonchev–Trinajstić information content (AvgIpc) is 2.75. The van der Waals surface area contributed by atoms with Crippen LogP contribution < -0.4 is 20.1 Å². The molecule has 144 valence electrons. The molecular weight excluding hydrogens is 356 g/mol. The molecule has 0 aliphatic heterocycles. The molecule has 3 aromatic rings. The number of amides is 1. The third kappa shape index (κ3) is 4.97. The number of nitrogens with zero attached hydrogens (tertiary/aromatic N) is 2. The second-order valence-electron chi connectivity index (χ2n) is 5.97. The highest BCUT2D eigenvalue weighted by atomic mass is 16.5. The van der Waals surface area contributed by atoms with Gasteiger partial charge in [0.25, 0.3) is 5.91 Å². The van der Waals surface area contributed by atoms with Crippen LogP contribution in [0.2, 0.25) is 0 Å². The van der Waals surface area contributed by atoms with Gasteiger partial charge in [-0.25, -0.2) is 9.97 Å². The summed E-state index contributed by atoms with van der Waals surface area (Å²) < 4.78 is 10.4. The molecule has 7 nitrogen and oxygen atoms in total. The zero-order valence-corrected chi connectivity index (χ0v) is 15.8. The van der Waals surface area contributed by atoms with E-state index in [9.17, 15) is 4.79 Å². The number of aromatic nitrogens is 2. The Labute approximate surface area is 163 Å². The first-order valence-corrected chi connectivity index (χ1v) is 8.83. The van der Waals surface area contributed by atoms with E-state index in [1.165, 1.54) is 18.9 Å². The van der Waals surface area contributed by atoms with Crippen LogP contribution in [-0.2, 0) is 6.42 Å². The Bertz CT molecular complexity index is 915. The number of methoxy groups -OCH3 is 2. The van der Waals surface area contributed by atoms with Crippen LogP contribution in [0.4, 0.5) is 11.5 Å². The van der Waals surface area contributed by atoms with Gasteiger partial charge in [0.2, 0.25) is 0 Å². The minimum Gasteiger partial charge on any atom is -0.497 e. The van der Waals surface area contributed by atoms with Gasteiger partial charge in [0.15, 0.2) is 0 Å². The summed E-state index contributed by atoms with van der Waals surface area (Å²) in [5.41, 5.74) is 1.95. The molecule has 0 aliphatic carbocycles. The molecule has 0 unspecified atom stereocenters. The Balaban J connectivity index is 1.59. The number of hydrogen-bond acceptors (Lipinski definition) is 6. The highest BCUT2D eigenvalue weighted by Crippen LogP contribution is 2.29. The second kappa shape index (κ2) is 9.36. The molecule has 1 amide bonds. The molecule has 28 heavy (non-hydrogen) atoms. The smallest absolute Gasteiger partial charge is 0.275 e. The first kappa shape index (κ1) is 19.2. The summed E-state index contributed by atoms with van der Waals surface area (Å²) in [7, 11) is 3.09. The maximum absolute atomic E-state index is 12.5. The highest BCUT2D eigenvalue weighted by Gasteiger charge is 2.12. The number of nitrogens with one attached hydrogen (secondary N) is 2. The van der Waals surface area contributed by atoms with E-state index in [4.69, 9.17) is 9.47 Å². The normalized spacial score (nSPS) is 10.2. The number of benzene rings is 2. The molecule has 1 heterocycles. The van der Waals surface area contributed by atoms with Gasteiger partial charge >= 0.3 is 0 Å².